The zero-order valence-electron chi connectivity index (χ0n) is 20.1. The predicted molar refractivity (Wildman–Crippen MR) is 131 cm³/mol. The van der Waals surface area contributed by atoms with Crippen LogP contribution in [0.5, 0.6) is 11.5 Å². The van der Waals surface area contributed by atoms with E-state index in [1.165, 1.54) is 0 Å². The maximum Gasteiger partial charge on any atom is 0.146 e. The van der Waals surface area contributed by atoms with Gasteiger partial charge in [-0.3, -0.25) is 9.36 Å². The monoisotopic (exact) mass is 428 g/mol. The normalized spacial score (nSPS) is 9.71. The molecule has 4 rings (SSSR count). The van der Waals surface area contributed by atoms with Gasteiger partial charge in [-0.2, -0.15) is 10.2 Å². The summed E-state index contributed by atoms with van der Waals surface area (Å²) in [6.45, 7) is 9.96. The highest BCUT2D eigenvalue weighted by Gasteiger charge is 2.11. The highest BCUT2D eigenvalue weighted by molar-refractivity contribution is 5.88. The van der Waals surface area contributed by atoms with Crippen molar-refractivity contribution < 1.29 is 9.47 Å². The molecule has 0 aliphatic carbocycles. The second-order valence-corrected chi connectivity index (χ2v) is 6.32. The number of hydrogen-bond acceptors (Lipinski definition) is 6. The summed E-state index contributed by atoms with van der Waals surface area (Å²) in [7, 11) is 6.98. The Morgan fingerprint density at radius 1 is 0.774 bits per heavy atom. The Morgan fingerprint density at radius 3 is 1.90 bits per heavy atom. The van der Waals surface area contributed by atoms with Crippen LogP contribution in [-0.4, -0.2) is 33.8 Å². The summed E-state index contributed by atoms with van der Waals surface area (Å²) in [5, 5.41) is 10.7. The second kappa shape index (κ2) is 11.7. The number of nitrogen functional groups attached to an aromatic ring is 2. The van der Waals surface area contributed by atoms with Crippen molar-refractivity contribution in [2.24, 2.45) is 14.1 Å². The van der Waals surface area contributed by atoms with E-state index in [0.29, 0.717) is 17.1 Å². The number of nitrogens with zero attached hydrogens (tertiary/aromatic N) is 4. The number of fused-ring (bicyclic) bond motifs is 2. The topological polar surface area (TPSA) is 106 Å². The summed E-state index contributed by atoms with van der Waals surface area (Å²) in [6.07, 6.45) is 3.86. The van der Waals surface area contributed by atoms with E-state index in [1.54, 1.807) is 23.6 Å². The number of rotatable bonds is 2. The Labute approximate surface area is 184 Å². The number of nitrogens with two attached hydrogens (primary N) is 2. The second-order valence-electron chi connectivity index (χ2n) is 6.32. The molecule has 0 saturated heterocycles. The first-order chi connectivity index (χ1) is 14.8. The van der Waals surface area contributed by atoms with Gasteiger partial charge >= 0.3 is 0 Å². The highest BCUT2D eigenvalue weighted by Crippen LogP contribution is 2.32. The lowest BCUT2D eigenvalue weighted by Gasteiger charge is -2.07. The molecule has 8 heteroatoms. The third-order valence-electron chi connectivity index (χ3n) is 4.30. The number of aryl methyl sites for hydroxylation is 3. The van der Waals surface area contributed by atoms with Gasteiger partial charge in [0, 0.05) is 48.9 Å². The Balaban J connectivity index is 0.000000268. The Bertz CT molecular complexity index is 1110. The van der Waals surface area contributed by atoms with Gasteiger partial charge in [-0.15, -0.1) is 0 Å². The van der Waals surface area contributed by atoms with Crippen molar-refractivity contribution in [3.63, 3.8) is 0 Å². The standard InChI is InChI=1S/C10H13N3O.C9H11N3O.2C2H6/c1-6-9-7(5-13(2)12-9)4-8(11)10(6)14-3;1-12-5-6-3-7(10)9(13-2)4-8(6)11-12;2*1-2/h4-5H,11H2,1-3H3;3-5H,10H2,1-2H3;2*1-2H3. The van der Waals surface area contributed by atoms with Gasteiger partial charge in [-0.05, 0) is 19.1 Å². The fraction of sp³-hybridized carbons (Fsp3) is 0.391. The molecular weight excluding hydrogens is 392 g/mol. The lowest BCUT2D eigenvalue weighted by atomic mass is 10.1. The lowest BCUT2D eigenvalue weighted by molar-refractivity contribution is 0.414. The molecule has 0 unspecified atom stereocenters. The number of ether oxygens (including phenoxy) is 2. The summed E-state index contributed by atoms with van der Waals surface area (Å²) in [4.78, 5) is 0. The number of methoxy groups -OCH3 is 2. The molecule has 4 aromatic rings. The third kappa shape index (κ3) is 5.81. The molecule has 0 aliphatic rings. The molecule has 0 aliphatic heterocycles. The molecule has 8 nitrogen and oxygen atoms in total. The van der Waals surface area contributed by atoms with E-state index in [0.717, 1.165) is 33.1 Å². The summed E-state index contributed by atoms with van der Waals surface area (Å²) in [5.41, 5.74) is 15.7. The number of aromatic nitrogens is 4. The first kappa shape index (κ1) is 25.6. The molecule has 4 N–H and O–H groups in total. The molecule has 2 aromatic carbocycles. The van der Waals surface area contributed by atoms with Crippen LogP contribution < -0.4 is 20.9 Å². The molecule has 170 valence electrons. The molecule has 0 spiro atoms. The Morgan fingerprint density at radius 2 is 1.32 bits per heavy atom. The number of hydrogen-bond donors (Lipinski definition) is 2. The van der Waals surface area contributed by atoms with E-state index >= 15 is 0 Å². The lowest BCUT2D eigenvalue weighted by Crippen LogP contribution is -1.95. The number of anilines is 2. The van der Waals surface area contributed by atoms with E-state index in [2.05, 4.69) is 10.2 Å². The summed E-state index contributed by atoms with van der Waals surface area (Å²) in [5.74, 6) is 1.39. The van der Waals surface area contributed by atoms with Crippen LogP contribution in [0.15, 0.2) is 30.6 Å². The molecular formula is C23H36N6O2. The minimum Gasteiger partial charge on any atom is -0.495 e. The Kier molecular flexibility index (Phi) is 9.66. The molecule has 0 atom stereocenters. The molecule has 0 amide bonds. The van der Waals surface area contributed by atoms with Gasteiger partial charge in [-0.1, -0.05) is 27.7 Å². The Hall–Kier alpha value is -3.42. The van der Waals surface area contributed by atoms with E-state index < -0.39 is 0 Å². The van der Waals surface area contributed by atoms with Gasteiger partial charge in [0.1, 0.15) is 11.5 Å². The van der Waals surface area contributed by atoms with Crippen molar-refractivity contribution in [3.05, 3.63) is 36.2 Å². The van der Waals surface area contributed by atoms with E-state index in [9.17, 15) is 0 Å². The van der Waals surface area contributed by atoms with Crippen LogP contribution in [0, 0.1) is 6.92 Å². The van der Waals surface area contributed by atoms with Crippen LogP contribution in [0.2, 0.25) is 0 Å². The van der Waals surface area contributed by atoms with Gasteiger partial charge in [0.2, 0.25) is 0 Å². The summed E-state index contributed by atoms with van der Waals surface area (Å²) >= 11 is 0. The average Bonchev–Trinajstić information content (AvgIpc) is 3.31. The van der Waals surface area contributed by atoms with Crippen molar-refractivity contribution in [1.82, 2.24) is 19.6 Å². The van der Waals surface area contributed by atoms with Gasteiger partial charge in [-0.25, -0.2) is 0 Å². The first-order valence-electron chi connectivity index (χ1n) is 10.4. The van der Waals surface area contributed by atoms with Gasteiger partial charge in [0.15, 0.2) is 0 Å². The van der Waals surface area contributed by atoms with Crippen molar-refractivity contribution in [3.8, 4) is 11.5 Å². The molecule has 0 radical (unpaired) electrons. The van der Waals surface area contributed by atoms with Crippen LogP contribution >= 0.6 is 0 Å². The summed E-state index contributed by atoms with van der Waals surface area (Å²) in [6, 6.07) is 5.58. The average molecular weight is 429 g/mol. The van der Waals surface area contributed by atoms with Crippen molar-refractivity contribution >= 4 is 33.2 Å². The van der Waals surface area contributed by atoms with Crippen LogP contribution in [-0.2, 0) is 14.1 Å². The SMILES string of the molecule is CC.CC.COc1c(N)cc2cn(C)nc2c1C.COc1cc2nn(C)cc2cc1N. The minimum absolute atomic E-state index is 0.642. The zero-order chi connectivity index (χ0) is 23.7. The molecule has 2 heterocycles. The van der Waals surface area contributed by atoms with E-state index in [4.69, 9.17) is 20.9 Å². The fourth-order valence-corrected chi connectivity index (χ4v) is 3.10. The fourth-order valence-electron chi connectivity index (χ4n) is 3.10. The van der Waals surface area contributed by atoms with Crippen molar-refractivity contribution in [2.75, 3.05) is 25.7 Å². The van der Waals surface area contributed by atoms with E-state index in [-0.39, 0.29) is 0 Å². The zero-order valence-corrected chi connectivity index (χ0v) is 20.1. The maximum absolute atomic E-state index is 5.85. The van der Waals surface area contributed by atoms with Crippen LogP contribution in [0.4, 0.5) is 11.4 Å². The molecule has 0 fully saturated rings. The largest absolute Gasteiger partial charge is 0.495 e. The van der Waals surface area contributed by atoms with Crippen LogP contribution in [0.3, 0.4) is 0 Å². The van der Waals surface area contributed by atoms with Crippen LogP contribution in [0.1, 0.15) is 33.3 Å². The third-order valence-corrected chi connectivity index (χ3v) is 4.30. The van der Waals surface area contributed by atoms with Gasteiger partial charge in [0.25, 0.3) is 0 Å². The minimum atomic E-state index is 0.642. The summed E-state index contributed by atoms with van der Waals surface area (Å²) < 4.78 is 13.8. The maximum atomic E-state index is 5.85. The van der Waals surface area contributed by atoms with Crippen molar-refractivity contribution in [1.29, 1.82) is 0 Å². The van der Waals surface area contributed by atoms with Crippen molar-refractivity contribution in [2.45, 2.75) is 34.6 Å². The predicted octanol–water partition coefficient (Wildman–Crippen LogP) is 4.69. The molecule has 31 heavy (non-hydrogen) atoms. The smallest absolute Gasteiger partial charge is 0.146 e. The molecule has 0 saturated carbocycles. The van der Waals surface area contributed by atoms with Gasteiger partial charge < -0.3 is 20.9 Å². The highest BCUT2D eigenvalue weighted by atomic mass is 16.5. The van der Waals surface area contributed by atoms with E-state index in [1.807, 2.05) is 79.3 Å². The first-order valence-corrected chi connectivity index (χ1v) is 10.4. The number of benzene rings is 2. The molecule has 2 aromatic heterocycles. The quantitative estimate of drug-likeness (QED) is 0.449. The van der Waals surface area contributed by atoms with Gasteiger partial charge in [0.05, 0.1) is 36.6 Å². The van der Waals surface area contributed by atoms with Crippen LogP contribution in [0.25, 0.3) is 21.8 Å². The molecule has 0 bridgehead atoms.